The number of ether oxygens (including phenoxy) is 2. The van der Waals surface area contributed by atoms with Crippen LogP contribution in [-0.4, -0.2) is 98.1 Å². The Hall–Kier alpha value is -5.82. The molecule has 0 aliphatic carbocycles. The second kappa shape index (κ2) is 13.3. The number of nitrogens with zero attached hydrogens (tertiary/aromatic N) is 5. The Morgan fingerprint density at radius 1 is 0.936 bits per heavy atom. The van der Waals surface area contributed by atoms with Gasteiger partial charge >= 0.3 is 5.97 Å². The molecule has 1 aliphatic rings. The van der Waals surface area contributed by atoms with Crippen LogP contribution in [0.15, 0.2) is 79.3 Å². The van der Waals surface area contributed by atoms with Crippen molar-refractivity contribution in [2.75, 3.05) is 39.9 Å². The molecule has 3 aromatic heterocycles. The van der Waals surface area contributed by atoms with Crippen molar-refractivity contribution in [3.63, 3.8) is 0 Å². The predicted molar refractivity (Wildman–Crippen MR) is 169 cm³/mol. The maximum absolute atomic E-state index is 13.6. The molecule has 2 aromatic carbocycles. The van der Waals surface area contributed by atoms with E-state index in [1.54, 1.807) is 72.6 Å². The van der Waals surface area contributed by atoms with Crippen molar-refractivity contribution in [1.82, 2.24) is 29.5 Å². The number of pyridine rings is 1. The molecular formula is C34H32N6O7. The molecule has 0 radical (unpaired) electrons. The Morgan fingerprint density at radius 2 is 1.64 bits per heavy atom. The lowest BCUT2D eigenvalue weighted by Crippen LogP contribution is -2.52. The standard InChI is InChI=1S/C34H32N6O7/c1-3-47-34(45)23-11-9-21(10-12-23)29(41)25-13-14-40(37-25)31-28-27(26(46-2)20-36-31)24(19-35-28)30(42)33(44)39-17-15-38(16-18-39)32(43)22-7-5-4-6-8-22/h4-14,19-20,29,35,41H,3,15-18H2,1-2H3. The van der Waals surface area contributed by atoms with Crippen LogP contribution in [0, 0.1) is 0 Å². The van der Waals surface area contributed by atoms with Crippen LogP contribution < -0.4 is 4.74 Å². The van der Waals surface area contributed by atoms with E-state index in [1.165, 1.54) is 29.1 Å². The molecule has 0 saturated carbocycles. The van der Waals surface area contributed by atoms with Gasteiger partial charge in [0.1, 0.15) is 11.9 Å². The van der Waals surface area contributed by atoms with Crippen LogP contribution in [0.4, 0.5) is 0 Å². The molecule has 4 heterocycles. The summed E-state index contributed by atoms with van der Waals surface area (Å²) in [6, 6.07) is 17.0. The highest BCUT2D eigenvalue weighted by Crippen LogP contribution is 2.32. The molecule has 13 heteroatoms. The van der Waals surface area contributed by atoms with Gasteiger partial charge < -0.3 is 29.4 Å². The second-order valence-electron chi connectivity index (χ2n) is 10.8. The van der Waals surface area contributed by atoms with E-state index in [2.05, 4.69) is 15.1 Å². The highest BCUT2D eigenvalue weighted by Gasteiger charge is 2.31. The molecule has 1 fully saturated rings. The summed E-state index contributed by atoms with van der Waals surface area (Å²) in [5, 5.41) is 15.9. The minimum absolute atomic E-state index is 0.113. The number of aromatic nitrogens is 4. The normalized spacial score (nSPS) is 13.8. The number of Topliss-reactive ketones (excluding diaryl/α,β-unsaturated/α-hetero) is 1. The number of carbonyl (C=O) groups is 4. The molecule has 1 saturated heterocycles. The van der Waals surface area contributed by atoms with Gasteiger partial charge in [-0.25, -0.2) is 14.5 Å². The number of piperazine rings is 1. The lowest BCUT2D eigenvalue weighted by Gasteiger charge is -2.34. The van der Waals surface area contributed by atoms with E-state index in [1.807, 2.05) is 6.07 Å². The van der Waals surface area contributed by atoms with Crippen LogP contribution in [0.5, 0.6) is 5.75 Å². The SMILES string of the molecule is CCOC(=O)c1ccc(C(O)c2ccn(-c3ncc(OC)c4c(C(=O)C(=O)N5CCN(C(=O)c6ccccc6)CC5)c[nH]c34)n2)cc1. The van der Waals surface area contributed by atoms with Gasteiger partial charge in [0.25, 0.3) is 17.6 Å². The molecule has 5 aromatic rings. The minimum Gasteiger partial charge on any atom is -0.494 e. The van der Waals surface area contributed by atoms with E-state index in [0.29, 0.717) is 52.2 Å². The fraction of sp³-hybridized carbons (Fsp3) is 0.235. The van der Waals surface area contributed by atoms with Crippen molar-refractivity contribution in [2.45, 2.75) is 13.0 Å². The third-order valence-corrected chi connectivity index (χ3v) is 8.03. The average Bonchev–Trinajstić information content (AvgIpc) is 3.79. The summed E-state index contributed by atoms with van der Waals surface area (Å²) >= 11 is 0. The summed E-state index contributed by atoms with van der Waals surface area (Å²) in [7, 11) is 1.44. The van der Waals surface area contributed by atoms with Gasteiger partial charge in [0.2, 0.25) is 0 Å². The molecule has 0 spiro atoms. The highest BCUT2D eigenvalue weighted by atomic mass is 16.5. The maximum Gasteiger partial charge on any atom is 0.338 e. The number of amides is 2. The molecule has 47 heavy (non-hydrogen) atoms. The number of carbonyl (C=O) groups excluding carboxylic acids is 4. The highest BCUT2D eigenvalue weighted by molar-refractivity contribution is 6.45. The zero-order chi connectivity index (χ0) is 33.1. The van der Waals surface area contributed by atoms with E-state index in [9.17, 15) is 24.3 Å². The Balaban J connectivity index is 1.20. The van der Waals surface area contributed by atoms with Crippen LogP contribution in [-0.2, 0) is 9.53 Å². The smallest absolute Gasteiger partial charge is 0.338 e. The Bertz CT molecular complexity index is 1940. The van der Waals surface area contributed by atoms with E-state index in [4.69, 9.17) is 9.47 Å². The van der Waals surface area contributed by atoms with Crippen molar-refractivity contribution in [1.29, 1.82) is 0 Å². The number of esters is 1. The second-order valence-corrected chi connectivity index (χ2v) is 10.8. The monoisotopic (exact) mass is 636 g/mol. The zero-order valence-electron chi connectivity index (χ0n) is 25.8. The number of hydrogen-bond acceptors (Lipinski definition) is 9. The number of rotatable bonds is 9. The topological polar surface area (TPSA) is 160 Å². The number of ketones is 1. The quantitative estimate of drug-likeness (QED) is 0.141. The predicted octanol–water partition coefficient (Wildman–Crippen LogP) is 3.18. The summed E-state index contributed by atoms with van der Waals surface area (Å²) in [5.74, 6) is -1.37. The summed E-state index contributed by atoms with van der Waals surface area (Å²) in [4.78, 5) is 62.4. The summed E-state index contributed by atoms with van der Waals surface area (Å²) in [6.45, 7) is 3.04. The van der Waals surface area contributed by atoms with Crippen LogP contribution in [0.1, 0.15) is 55.4 Å². The van der Waals surface area contributed by atoms with Gasteiger partial charge in [0, 0.05) is 44.1 Å². The number of H-pyrrole nitrogens is 1. The molecule has 1 unspecified atom stereocenters. The van der Waals surface area contributed by atoms with Gasteiger partial charge in [0.05, 0.1) is 47.6 Å². The van der Waals surface area contributed by atoms with E-state index in [-0.39, 0.29) is 36.9 Å². The first-order chi connectivity index (χ1) is 22.8. The fourth-order valence-corrected chi connectivity index (χ4v) is 5.54. The number of benzene rings is 2. The van der Waals surface area contributed by atoms with Gasteiger partial charge in [-0.3, -0.25) is 14.4 Å². The Labute approximate surface area is 269 Å². The van der Waals surface area contributed by atoms with Gasteiger partial charge in [-0.15, -0.1) is 0 Å². The molecular weight excluding hydrogens is 604 g/mol. The van der Waals surface area contributed by atoms with Crippen molar-refractivity contribution in [3.8, 4) is 11.6 Å². The van der Waals surface area contributed by atoms with Crippen LogP contribution in [0.3, 0.4) is 0 Å². The zero-order valence-corrected chi connectivity index (χ0v) is 25.8. The summed E-state index contributed by atoms with van der Waals surface area (Å²) < 4.78 is 12.0. The van der Waals surface area contributed by atoms with Crippen LogP contribution in [0.25, 0.3) is 16.7 Å². The number of hydrogen-bond donors (Lipinski definition) is 2. The van der Waals surface area contributed by atoms with E-state index < -0.39 is 23.8 Å². The molecule has 0 bridgehead atoms. The van der Waals surface area contributed by atoms with Crippen LogP contribution in [0.2, 0.25) is 0 Å². The van der Waals surface area contributed by atoms with Crippen molar-refractivity contribution in [2.24, 2.45) is 0 Å². The number of nitrogens with one attached hydrogen (secondary N) is 1. The molecule has 2 amide bonds. The summed E-state index contributed by atoms with van der Waals surface area (Å²) in [6.07, 6.45) is 3.40. The van der Waals surface area contributed by atoms with Crippen molar-refractivity contribution in [3.05, 3.63) is 107 Å². The van der Waals surface area contributed by atoms with E-state index in [0.717, 1.165) is 0 Å². The Morgan fingerprint density at radius 3 is 2.32 bits per heavy atom. The third-order valence-electron chi connectivity index (χ3n) is 8.03. The minimum atomic E-state index is -1.09. The first-order valence-electron chi connectivity index (χ1n) is 15.0. The number of aliphatic hydroxyl groups is 1. The number of fused-ring (bicyclic) bond motifs is 1. The molecule has 6 rings (SSSR count). The van der Waals surface area contributed by atoms with Gasteiger partial charge in [-0.05, 0) is 42.8 Å². The lowest BCUT2D eigenvalue weighted by molar-refractivity contribution is -0.127. The number of aliphatic hydroxyl groups excluding tert-OH is 1. The van der Waals surface area contributed by atoms with Gasteiger partial charge in [0.15, 0.2) is 5.82 Å². The maximum atomic E-state index is 13.6. The molecule has 1 aliphatic heterocycles. The molecule has 240 valence electrons. The molecule has 13 nitrogen and oxygen atoms in total. The van der Waals surface area contributed by atoms with Gasteiger partial charge in [-0.1, -0.05) is 30.3 Å². The first-order valence-corrected chi connectivity index (χ1v) is 15.0. The largest absolute Gasteiger partial charge is 0.494 e. The number of aromatic amines is 1. The van der Waals surface area contributed by atoms with Crippen molar-refractivity contribution < 1.29 is 33.8 Å². The number of methoxy groups -OCH3 is 1. The summed E-state index contributed by atoms with van der Waals surface area (Å²) in [5.41, 5.74) is 2.30. The molecule has 2 N–H and O–H groups in total. The van der Waals surface area contributed by atoms with Gasteiger partial charge in [-0.2, -0.15) is 5.10 Å². The lowest BCUT2D eigenvalue weighted by atomic mass is 10.0. The van der Waals surface area contributed by atoms with E-state index >= 15 is 0 Å². The fourth-order valence-electron chi connectivity index (χ4n) is 5.54. The average molecular weight is 637 g/mol. The van der Waals surface area contributed by atoms with Crippen LogP contribution >= 0.6 is 0 Å². The first kappa shape index (κ1) is 31.2. The third kappa shape index (κ3) is 6.08. The molecule has 1 atom stereocenters. The Kier molecular flexibility index (Phi) is 8.80. The van der Waals surface area contributed by atoms with Crippen molar-refractivity contribution >= 4 is 34.5 Å².